The molecule has 0 fully saturated rings. The van der Waals surface area contributed by atoms with E-state index in [1.54, 1.807) is 25.6 Å². The number of ether oxygens (including phenoxy) is 1. The Hall–Kier alpha value is -2.46. The molecule has 0 saturated heterocycles. The second-order valence-corrected chi connectivity index (χ2v) is 6.84. The van der Waals surface area contributed by atoms with Gasteiger partial charge in [-0.2, -0.15) is 0 Å². The topological polar surface area (TPSA) is 47.9 Å². The van der Waals surface area contributed by atoms with Gasteiger partial charge in [0.05, 0.1) is 7.11 Å². The Morgan fingerprint density at radius 3 is 1.33 bits per heavy atom. The number of rotatable bonds is 2. The van der Waals surface area contributed by atoms with Gasteiger partial charge in [-0.25, -0.2) is 9.97 Å². The number of hydrogen-bond donors (Lipinski definition) is 0. The zero-order valence-corrected chi connectivity index (χ0v) is 23.7. The number of halogens is 1. The summed E-state index contributed by atoms with van der Waals surface area (Å²) in [7, 11) is 1.61. The molecule has 3 rings (SSSR count). The molecule has 33 heavy (non-hydrogen) atoms. The first-order valence-corrected chi connectivity index (χ1v) is 12.2. The fraction of sp³-hybridized carbons (Fsp3) is 0.464. The molecule has 4 nitrogen and oxygen atoms in total. The molecule has 0 aliphatic rings. The Kier molecular flexibility index (Phi) is 25.8. The van der Waals surface area contributed by atoms with Crippen molar-refractivity contribution in [3.8, 4) is 5.88 Å². The highest BCUT2D eigenvalue weighted by atomic mass is 35.5. The van der Waals surface area contributed by atoms with Gasteiger partial charge in [-0.1, -0.05) is 85.2 Å². The number of hydrogen-bond acceptors (Lipinski definition) is 4. The molecule has 0 atom stereocenters. The van der Waals surface area contributed by atoms with E-state index in [1.807, 2.05) is 79.8 Å². The maximum atomic E-state index is 5.50. The molecule has 0 unspecified atom stereocenters. The maximum Gasteiger partial charge on any atom is 0.212 e. The minimum Gasteiger partial charge on any atom is -0.481 e. The van der Waals surface area contributed by atoms with Crippen LogP contribution in [0.5, 0.6) is 5.88 Å². The van der Waals surface area contributed by atoms with Crippen LogP contribution < -0.4 is 4.74 Å². The smallest absolute Gasteiger partial charge is 0.212 e. The van der Waals surface area contributed by atoms with E-state index in [4.69, 9.17) is 16.3 Å². The molecule has 3 heterocycles. The first-order chi connectivity index (χ1) is 15.8. The molecule has 3 aromatic heterocycles. The van der Waals surface area contributed by atoms with Gasteiger partial charge in [0.2, 0.25) is 5.88 Å². The van der Waals surface area contributed by atoms with Crippen molar-refractivity contribution in [2.45, 2.75) is 82.1 Å². The van der Waals surface area contributed by atoms with E-state index in [2.05, 4.69) is 47.9 Å². The van der Waals surface area contributed by atoms with Crippen LogP contribution in [0.15, 0.2) is 55.0 Å². The molecule has 3 aromatic rings. The summed E-state index contributed by atoms with van der Waals surface area (Å²) in [5, 5.41) is 0.551. The van der Waals surface area contributed by atoms with Crippen LogP contribution >= 0.6 is 11.6 Å². The number of methoxy groups -OCH3 is 1. The van der Waals surface area contributed by atoms with E-state index in [1.165, 1.54) is 11.3 Å². The summed E-state index contributed by atoms with van der Waals surface area (Å²) in [5.74, 6) is 1.21. The molecule has 5 heteroatoms. The van der Waals surface area contributed by atoms with Crippen molar-refractivity contribution in [1.29, 1.82) is 0 Å². The van der Waals surface area contributed by atoms with Crippen LogP contribution in [0.3, 0.4) is 0 Å². The Morgan fingerprint density at radius 2 is 1.06 bits per heavy atom. The van der Waals surface area contributed by atoms with Crippen molar-refractivity contribution in [2.24, 2.45) is 0 Å². The number of nitrogens with zero attached hydrogens (tertiary/aromatic N) is 3. The van der Waals surface area contributed by atoms with E-state index in [-0.39, 0.29) is 0 Å². The summed E-state index contributed by atoms with van der Waals surface area (Å²) < 4.78 is 4.86. The summed E-state index contributed by atoms with van der Waals surface area (Å²) in [4.78, 5) is 12.1. The first-order valence-electron chi connectivity index (χ1n) is 11.8. The highest BCUT2D eigenvalue weighted by Gasteiger charge is 1.97. The molecule has 0 aromatic carbocycles. The number of aromatic nitrogens is 3. The third-order valence-electron chi connectivity index (χ3n) is 3.49. The van der Waals surface area contributed by atoms with Gasteiger partial charge in [0.25, 0.3) is 0 Å². The Balaban J connectivity index is -0.000000368. The van der Waals surface area contributed by atoms with Crippen LogP contribution in [0, 0.1) is 20.8 Å². The zero-order chi connectivity index (χ0) is 26.2. The van der Waals surface area contributed by atoms with Crippen LogP contribution in [0.1, 0.15) is 83.7 Å². The summed E-state index contributed by atoms with van der Waals surface area (Å²) >= 11 is 5.50. The van der Waals surface area contributed by atoms with E-state index >= 15 is 0 Å². The predicted octanol–water partition coefficient (Wildman–Crippen LogP) is 9.03. The molecular weight excluding hydrogens is 430 g/mol. The van der Waals surface area contributed by atoms with Crippen molar-refractivity contribution >= 4 is 11.6 Å². The van der Waals surface area contributed by atoms with Crippen molar-refractivity contribution < 1.29 is 4.74 Å². The highest BCUT2D eigenvalue weighted by Crippen LogP contribution is 2.10. The van der Waals surface area contributed by atoms with Crippen LogP contribution in [0.4, 0.5) is 0 Å². The fourth-order valence-electron chi connectivity index (χ4n) is 1.85. The minimum atomic E-state index is 0.542. The molecule has 0 amide bonds. The van der Waals surface area contributed by atoms with Crippen molar-refractivity contribution in [3.05, 3.63) is 82.5 Å². The molecule has 186 valence electrons. The molecular formula is C28H46ClN3O. The lowest BCUT2D eigenvalue weighted by molar-refractivity contribution is 0.397. The summed E-state index contributed by atoms with van der Waals surface area (Å²) in [6.07, 6.45) is 5.43. The predicted molar refractivity (Wildman–Crippen MR) is 147 cm³/mol. The summed E-state index contributed by atoms with van der Waals surface area (Å²) in [5.41, 5.74) is 4.68. The fourth-order valence-corrected chi connectivity index (χ4v) is 1.96. The average Bonchev–Trinajstić information content (AvgIpc) is 2.86. The number of pyridine rings is 3. The standard InChI is InChI=1S/C9H13N.C7H9NO.C6H6ClN.3C2H6/c1-7(2)9-5-4-8(3)6-10-9;1-6-3-4-7(9-2)8-5-6;1-5-2-3-6(7)8-4-5;3*1-2/h4-7H,1-3H3;3-5H,1-2H3;2-4H,1H3;3*1-2H3. The Bertz CT molecular complexity index is 751. The Morgan fingerprint density at radius 1 is 0.636 bits per heavy atom. The van der Waals surface area contributed by atoms with Gasteiger partial charge in [0.15, 0.2) is 0 Å². The van der Waals surface area contributed by atoms with Gasteiger partial charge >= 0.3 is 0 Å². The van der Waals surface area contributed by atoms with E-state index in [0.29, 0.717) is 17.0 Å². The molecule has 0 aliphatic heterocycles. The quantitative estimate of drug-likeness (QED) is 0.347. The molecule has 0 saturated carbocycles. The molecule has 0 radical (unpaired) electrons. The van der Waals surface area contributed by atoms with Gasteiger partial charge < -0.3 is 4.74 Å². The summed E-state index contributed by atoms with van der Waals surface area (Å²) in [6.45, 7) is 22.3. The van der Waals surface area contributed by atoms with Gasteiger partial charge in [-0.05, 0) is 55.5 Å². The lowest BCUT2D eigenvalue weighted by Crippen LogP contribution is -1.90. The van der Waals surface area contributed by atoms with Gasteiger partial charge in [0, 0.05) is 30.4 Å². The first kappa shape index (κ1) is 35.1. The van der Waals surface area contributed by atoms with E-state index < -0.39 is 0 Å². The SMILES string of the molecule is CC.CC.CC.COc1ccc(C)cn1.Cc1ccc(C(C)C)nc1.Cc1ccc(Cl)nc1. The van der Waals surface area contributed by atoms with E-state index in [9.17, 15) is 0 Å². The molecule has 0 spiro atoms. The normalized spacial score (nSPS) is 8.42. The van der Waals surface area contributed by atoms with Crippen molar-refractivity contribution in [2.75, 3.05) is 7.11 Å². The van der Waals surface area contributed by atoms with Gasteiger partial charge in [0.1, 0.15) is 5.15 Å². The van der Waals surface area contributed by atoms with Gasteiger partial charge in [-0.3, -0.25) is 4.98 Å². The van der Waals surface area contributed by atoms with Crippen LogP contribution in [-0.4, -0.2) is 22.1 Å². The zero-order valence-electron chi connectivity index (χ0n) is 22.9. The van der Waals surface area contributed by atoms with Crippen molar-refractivity contribution in [3.63, 3.8) is 0 Å². The van der Waals surface area contributed by atoms with Crippen LogP contribution in [0.25, 0.3) is 0 Å². The molecule has 0 aliphatic carbocycles. The monoisotopic (exact) mass is 475 g/mol. The van der Waals surface area contributed by atoms with Crippen LogP contribution in [-0.2, 0) is 0 Å². The largest absolute Gasteiger partial charge is 0.481 e. The van der Waals surface area contributed by atoms with Crippen molar-refractivity contribution in [1.82, 2.24) is 15.0 Å². The molecule has 0 bridgehead atoms. The summed E-state index contributed by atoms with van der Waals surface area (Å²) in [6, 6.07) is 11.7. The minimum absolute atomic E-state index is 0.542. The second-order valence-electron chi connectivity index (χ2n) is 6.45. The molecule has 0 N–H and O–H groups in total. The van der Waals surface area contributed by atoms with Crippen LogP contribution in [0.2, 0.25) is 5.15 Å². The van der Waals surface area contributed by atoms with E-state index in [0.717, 1.165) is 11.1 Å². The van der Waals surface area contributed by atoms with Gasteiger partial charge in [-0.15, -0.1) is 0 Å². The lowest BCUT2D eigenvalue weighted by atomic mass is 10.1. The average molecular weight is 476 g/mol. The maximum absolute atomic E-state index is 5.50. The third-order valence-corrected chi connectivity index (χ3v) is 3.72. The number of aryl methyl sites for hydroxylation is 3. The third kappa shape index (κ3) is 19.9. The second kappa shape index (κ2) is 24.2. The Labute approximate surface area is 208 Å². The highest BCUT2D eigenvalue weighted by molar-refractivity contribution is 6.29. The lowest BCUT2D eigenvalue weighted by Gasteiger charge is -2.02.